The number of likely N-dealkylation sites (tertiary alicyclic amines) is 1. The molecule has 1 saturated heterocycles. The predicted octanol–water partition coefficient (Wildman–Crippen LogP) is 2.85. The van der Waals surface area contributed by atoms with Crippen molar-refractivity contribution in [3.8, 4) is 0 Å². The summed E-state index contributed by atoms with van der Waals surface area (Å²) in [5, 5.41) is 0. The summed E-state index contributed by atoms with van der Waals surface area (Å²) in [4.78, 5) is 26.4. The van der Waals surface area contributed by atoms with Crippen LogP contribution in [0.5, 0.6) is 0 Å². The number of piperidine rings is 1. The zero-order valence-electron chi connectivity index (χ0n) is 14.0. The Morgan fingerprint density at radius 1 is 1.22 bits per heavy atom. The highest BCUT2D eigenvalue weighted by molar-refractivity contribution is 5.83. The Balaban J connectivity index is 1.78. The van der Waals surface area contributed by atoms with E-state index in [4.69, 9.17) is 4.74 Å². The van der Waals surface area contributed by atoms with Gasteiger partial charge in [0.05, 0.1) is 13.0 Å². The first kappa shape index (κ1) is 17.7. The standard InChI is InChI=1S/C19H27NO3/c1-2-23-14-12-19(22)20-13-6-9-17(15-20)18(21)11-10-16-7-4-3-5-8-16/h3-5,7-8,17H,2,6,9-15H2,1H3. The Labute approximate surface area is 138 Å². The summed E-state index contributed by atoms with van der Waals surface area (Å²) in [6, 6.07) is 10.1. The molecule has 0 spiro atoms. The van der Waals surface area contributed by atoms with Crippen molar-refractivity contribution in [2.24, 2.45) is 5.92 Å². The minimum Gasteiger partial charge on any atom is -0.381 e. The largest absolute Gasteiger partial charge is 0.381 e. The minimum atomic E-state index is 0.00325. The molecule has 4 nitrogen and oxygen atoms in total. The van der Waals surface area contributed by atoms with Crippen LogP contribution in [-0.4, -0.2) is 42.9 Å². The highest BCUT2D eigenvalue weighted by Gasteiger charge is 2.27. The lowest BCUT2D eigenvalue weighted by atomic mass is 9.90. The summed E-state index contributed by atoms with van der Waals surface area (Å²) in [5.41, 5.74) is 1.20. The number of aryl methyl sites for hydroxylation is 1. The summed E-state index contributed by atoms with van der Waals surface area (Å²) in [6.45, 7) is 4.38. The van der Waals surface area contributed by atoms with E-state index in [2.05, 4.69) is 12.1 Å². The number of nitrogens with zero attached hydrogens (tertiary/aromatic N) is 1. The van der Waals surface area contributed by atoms with Gasteiger partial charge < -0.3 is 9.64 Å². The van der Waals surface area contributed by atoms with E-state index in [0.717, 1.165) is 25.8 Å². The van der Waals surface area contributed by atoms with Gasteiger partial charge in [-0.15, -0.1) is 0 Å². The maximum atomic E-state index is 12.4. The Morgan fingerprint density at radius 2 is 2.00 bits per heavy atom. The molecular formula is C19H27NO3. The van der Waals surface area contributed by atoms with Gasteiger partial charge in [-0.2, -0.15) is 0 Å². The van der Waals surface area contributed by atoms with Crippen LogP contribution in [0, 0.1) is 5.92 Å². The lowest BCUT2D eigenvalue weighted by molar-refractivity contribution is -0.136. The van der Waals surface area contributed by atoms with Gasteiger partial charge in [-0.25, -0.2) is 0 Å². The maximum Gasteiger partial charge on any atom is 0.224 e. The predicted molar refractivity (Wildman–Crippen MR) is 90.2 cm³/mol. The maximum absolute atomic E-state index is 12.4. The normalized spacial score (nSPS) is 18.0. The van der Waals surface area contributed by atoms with Gasteiger partial charge in [-0.3, -0.25) is 9.59 Å². The quantitative estimate of drug-likeness (QED) is 0.693. The van der Waals surface area contributed by atoms with E-state index >= 15 is 0 Å². The molecule has 1 atom stereocenters. The van der Waals surface area contributed by atoms with Crippen molar-refractivity contribution in [3.63, 3.8) is 0 Å². The fourth-order valence-electron chi connectivity index (χ4n) is 3.04. The van der Waals surface area contributed by atoms with E-state index in [1.54, 1.807) is 0 Å². The van der Waals surface area contributed by atoms with Crippen molar-refractivity contribution in [2.45, 2.75) is 39.0 Å². The molecule has 0 N–H and O–H groups in total. The second-order valence-electron chi connectivity index (χ2n) is 6.08. The number of carbonyl (C=O) groups is 2. The van der Waals surface area contributed by atoms with Crippen LogP contribution in [0.25, 0.3) is 0 Å². The molecule has 2 rings (SSSR count). The third kappa shape index (κ3) is 5.79. The van der Waals surface area contributed by atoms with Gasteiger partial charge in [-0.1, -0.05) is 30.3 Å². The number of ketones is 1. The Morgan fingerprint density at radius 3 is 2.74 bits per heavy atom. The van der Waals surface area contributed by atoms with E-state index in [-0.39, 0.29) is 17.6 Å². The minimum absolute atomic E-state index is 0.00325. The Bertz CT molecular complexity index is 501. The van der Waals surface area contributed by atoms with Gasteiger partial charge in [0.2, 0.25) is 5.91 Å². The third-order valence-corrected chi connectivity index (χ3v) is 4.40. The lowest BCUT2D eigenvalue weighted by Gasteiger charge is -2.32. The molecule has 1 amide bonds. The zero-order chi connectivity index (χ0) is 16.5. The van der Waals surface area contributed by atoms with Gasteiger partial charge in [-0.05, 0) is 31.7 Å². The van der Waals surface area contributed by atoms with Crippen LogP contribution in [0.1, 0.15) is 38.2 Å². The molecule has 1 aliphatic rings. The summed E-state index contributed by atoms with van der Waals surface area (Å²) in [6.07, 6.45) is 3.59. The van der Waals surface area contributed by atoms with Gasteiger partial charge in [0.1, 0.15) is 5.78 Å². The monoisotopic (exact) mass is 317 g/mol. The molecule has 23 heavy (non-hydrogen) atoms. The molecule has 126 valence electrons. The number of Topliss-reactive ketones (excluding diaryl/α,β-unsaturated/α-hetero) is 1. The highest BCUT2D eigenvalue weighted by Crippen LogP contribution is 2.20. The number of carbonyl (C=O) groups excluding carboxylic acids is 2. The summed E-state index contributed by atoms with van der Waals surface area (Å²) in [7, 11) is 0. The summed E-state index contributed by atoms with van der Waals surface area (Å²) >= 11 is 0. The number of ether oxygens (including phenoxy) is 1. The number of amides is 1. The highest BCUT2D eigenvalue weighted by atomic mass is 16.5. The smallest absolute Gasteiger partial charge is 0.224 e. The molecule has 1 unspecified atom stereocenters. The number of hydrogen-bond acceptors (Lipinski definition) is 3. The van der Waals surface area contributed by atoms with Gasteiger partial charge in [0, 0.05) is 32.0 Å². The lowest BCUT2D eigenvalue weighted by Crippen LogP contribution is -2.42. The Hall–Kier alpha value is -1.68. The van der Waals surface area contributed by atoms with Gasteiger partial charge >= 0.3 is 0 Å². The van der Waals surface area contributed by atoms with Gasteiger partial charge in [0.15, 0.2) is 0 Å². The fourth-order valence-corrected chi connectivity index (χ4v) is 3.04. The molecule has 0 saturated carbocycles. The van der Waals surface area contributed by atoms with Crippen molar-refractivity contribution in [1.82, 2.24) is 4.90 Å². The molecule has 1 fully saturated rings. The van der Waals surface area contributed by atoms with Crippen molar-refractivity contribution in [2.75, 3.05) is 26.3 Å². The van der Waals surface area contributed by atoms with Crippen molar-refractivity contribution < 1.29 is 14.3 Å². The van der Waals surface area contributed by atoms with Crippen LogP contribution in [0.4, 0.5) is 0 Å². The first-order valence-electron chi connectivity index (χ1n) is 8.63. The van der Waals surface area contributed by atoms with Crippen LogP contribution in [-0.2, 0) is 20.7 Å². The average molecular weight is 317 g/mol. The van der Waals surface area contributed by atoms with Crippen LogP contribution in [0.3, 0.4) is 0 Å². The van der Waals surface area contributed by atoms with E-state index < -0.39 is 0 Å². The molecule has 0 radical (unpaired) electrons. The third-order valence-electron chi connectivity index (χ3n) is 4.40. The van der Waals surface area contributed by atoms with Crippen molar-refractivity contribution >= 4 is 11.7 Å². The molecular weight excluding hydrogens is 290 g/mol. The second kappa shape index (κ2) is 9.46. The van der Waals surface area contributed by atoms with Gasteiger partial charge in [0.25, 0.3) is 0 Å². The number of rotatable bonds is 8. The summed E-state index contributed by atoms with van der Waals surface area (Å²) < 4.78 is 5.24. The van der Waals surface area contributed by atoms with Crippen molar-refractivity contribution in [1.29, 1.82) is 0 Å². The molecule has 1 aromatic carbocycles. The molecule has 0 aromatic heterocycles. The van der Waals surface area contributed by atoms with Crippen LogP contribution in [0.15, 0.2) is 30.3 Å². The van der Waals surface area contributed by atoms with Crippen LogP contribution < -0.4 is 0 Å². The van der Waals surface area contributed by atoms with E-state index in [1.807, 2.05) is 30.0 Å². The molecule has 4 heteroatoms. The fraction of sp³-hybridized carbons (Fsp3) is 0.579. The van der Waals surface area contributed by atoms with Crippen LogP contribution >= 0.6 is 0 Å². The molecule has 0 bridgehead atoms. The molecule has 1 aliphatic heterocycles. The SMILES string of the molecule is CCOCCC(=O)N1CCCC(C(=O)CCc2ccccc2)C1. The average Bonchev–Trinajstić information content (AvgIpc) is 2.61. The molecule has 1 aromatic rings. The molecule has 1 heterocycles. The zero-order valence-corrected chi connectivity index (χ0v) is 14.0. The number of benzene rings is 1. The Kier molecular flexibility index (Phi) is 7.27. The molecule has 0 aliphatic carbocycles. The van der Waals surface area contributed by atoms with E-state index in [0.29, 0.717) is 32.6 Å². The van der Waals surface area contributed by atoms with Crippen molar-refractivity contribution in [3.05, 3.63) is 35.9 Å². The first-order chi connectivity index (χ1) is 11.2. The first-order valence-corrected chi connectivity index (χ1v) is 8.63. The van der Waals surface area contributed by atoms with E-state index in [1.165, 1.54) is 5.56 Å². The topological polar surface area (TPSA) is 46.6 Å². The second-order valence-corrected chi connectivity index (χ2v) is 6.08. The number of hydrogen-bond donors (Lipinski definition) is 0. The van der Waals surface area contributed by atoms with Crippen LogP contribution in [0.2, 0.25) is 0 Å². The summed E-state index contributed by atoms with van der Waals surface area (Å²) in [5.74, 6) is 0.402. The van der Waals surface area contributed by atoms with E-state index in [9.17, 15) is 9.59 Å².